The third kappa shape index (κ3) is 2.07. The molecule has 0 saturated heterocycles. The lowest BCUT2D eigenvalue weighted by atomic mass is 9.91. The standard InChI is InChI=1S/C13H13F2NO2S/c1-7(2)18-9-4-5-10-11(8(9)6-16)12(3,17)13(14,15)19-10/h4-5,7,17H,1-3H3. The van der Waals surface area contributed by atoms with Crippen molar-refractivity contribution in [2.75, 3.05) is 0 Å². The van der Waals surface area contributed by atoms with E-state index in [1.165, 1.54) is 12.1 Å². The van der Waals surface area contributed by atoms with E-state index in [2.05, 4.69) is 0 Å². The van der Waals surface area contributed by atoms with Gasteiger partial charge in [-0.2, -0.15) is 14.0 Å². The van der Waals surface area contributed by atoms with Gasteiger partial charge in [-0.05, 0) is 44.7 Å². The molecule has 102 valence electrons. The van der Waals surface area contributed by atoms with Crippen LogP contribution in [0.4, 0.5) is 8.78 Å². The molecular formula is C13H13F2NO2S. The maximum atomic E-state index is 13.8. The number of aliphatic hydroxyl groups is 1. The van der Waals surface area contributed by atoms with Gasteiger partial charge in [0.2, 0.25) is 0 Å². The minimum absolute atomic E-state index is 0.0270. The van der Waals surface area contributed by atoms with Crippen LogP contribution in [0, 0.1) is 11.3 Å². The van der Waals surface area contributed by atoms with E-state index in [0.717, 1.165) is 6.92 Å². The van der Waals surface area contributed by atoms with Crippen LogP contribution in [0.3, 0.4) is 0 Å². The Bertz CT molecular complexity index is 564. The summed E-state index contributed by atoms with van der Waals surface area (Å²) in [6.45, 7) is 4.57. The van der Waals surface area contributed by atoms with Crippen molar-refractivity contribution in [3.63, 3.8) is 0 Å². The normalized spacial score (nSPS) is 24.1. The summed E-state index contributed by atoms with van der Waals surface area (Å²) >= 11 is 0.267. The molecule has 1 aliphatic rings. The number of fused-ring (bicyclic) bond motifs is 1. The van der Waals surface area contributed by atoms with Crippen LogP contribution in [-0.2, 0) is 5.60 Å². The monoisotopic (exact) mass is 285 g/mol. The summed E-state index contributed by atoms with van der Waals surface area (Å²) in [5, 5.41) is 15.9. The molecule has 1 aromatic rings. The first-order valence-electron chi connectivity index (χ1n) is 5.74. The van der Waals surface area contributed by atoms with E-state index in [-0.39, 0.29) is 39.6 Å². The molecule has 19 heavy (non-hydrogen) atoms. The maximum Gasteiger partial charge on any atom is 0.330 e. The lowest BCUT2D eigenvalue weighted by Crippen LogP contribution is -2.36. The van der Waals surface area contributed by atoms with Crippen molar-refractivity contribution in [2.24, 2.45) is 0 Å². The Morgan fingerprint density at radius 2 is 2.05 bits per heavy atom. The highest BCUT2D eigenvalue weighted by molar-refractivity contribution is 8.00. The summed E-state index contributed by atoms with van der Waals surface area (Å²) in [4.78, 5) is 0.211. The first kappa shape index (κ1) is 14.1. The van der Waals surface area contributed by atoms with Crippen LogP contribution in [0.1, 0.15) is 31.9 Å². The number of nitriles is 1. The van der Waals surface area contributed by atoms with Crippen LogP contribution in [-0.4, -0.2) is 16.5 Å². The van der Waals surface area contributed by atoms with Crippen LogP contribution in [0.5, 0.6) is 5.75 Å². The highest BCUT2D eigenvalue weighted by Gasteiger charge is 2.59. The molecule has 6 heteroatoms. The Labute approximate surface area is 114 Å². The number of alkyl halides is 2. The molecule has 0 spiro atoms. The van der Waals surface area contributed by atoms with Gasteiger partial charge >= 0.3 is 5.25 Å². The van der Waals surface area contributed by atoms with Gasteiger partial charge < -0.3 is 9.84 Å². The quantitative estimate of drug-likeness (QED) is 0.906. The summed E-state index contributed by atoms with van der Waals surface area (Å²) < 4.78 is 33.0. The van der Waals surface area contributed by atoms with Gasteiger partial charge in [-0.15, -0.1) is 0 Å². The molecule has 1 aliphatic heterocycles. The SMILES string of the molecule is CC(C)Oc1ccc2c(c1C#N)C(C)(O)C(F)(F)S2. The Morgan fingerprint density at radius 1 is 1.42 bits per heavy atom. The number of rotatable bonds is 2. The molecule has 0 bridgehead atoms. The Hall–Kier alpha value is -1.32. The van der Waals surface area contributed by atoms with Crippen molar-refractivity contribution < 1.29 is 18.6 Å². The van der Waals surface area contributed by atoms with E-state index < -0.39 is 10.9 Å². The van der Waals surface area contributed by atoms with E-state index in [9.17, 15) is 19.1 Å². The molecular weight excluding hydrogens is 272 g/mol. The van der Waals surface area contributed by atoms with Gasteiger partial charge in [-0.1, -0.05) is 0 Å². The summed E-state index contributed by atoms with van der Waals surface area (Å²) in [5.74, 6) is 0.217. The number of ether oxygens (including phenoxy) is 1. The summed E-state index contributed by atoms with van der Waals surface area (Å²) in [6.07, 6.45) is -0.190. The van der Waals surface area contributed by atoms with Gasteiger partial charge in [-0.25, -0.2) is 0 Å². The van der Waals surface area contributed by atoms with Crippen LogP contribution < -0.4 is 4.74 Å². The fourth-order valence-corrected chi connectivity index (χ4v) is 3.09. The van der Waals surface area contributed by atoms with Crippen LogP contribution in [0.25, 0.3) is 0 Å². The first-order chi connectivity index (χ1) is 8.70. The third-order valence-electron chi connectivity index (χ3n) is 2.90. The Kier molecular flexibility index (Phi) is 3.23. The largest absolute Gasteiger partial charge is 0.490 e. The maximum absolute atomic E-state index is 13.8. The van der Waals surface area contributed by atoms with Crippen molar-refractivity contribution >= 4 is 11.8 Å². The minimum atomic E-state index is -3.36. The lowest BCUT2D eigenvalue weighted by molar-refractivity contribution is -0.110. The lowest BCUT2D eigenvalue weighted by Gasteiger charge is -2.25. The molecule has 0 amide bonds. The number of nitrogens with zero attached hydrogens (tertiary/aromatic N) is 1. The average molecular weight is 285 g/mol. The molecule has 1 unspecified atom stereocenters. The zero-order valence-corrected chi connectivity index (χ0v) is 11.5. The van der Waals surface area contributed by atoms with Crippen molar-refractivity contribution in [2.45, 2.75) is 42.6 Å². The zero-order chi connectivity index (χ0) is 14.4. The van der Waals surface area contributed by atoms with Gasteiger partial charge in [0, 0.05) is 10.5 Å². The average Bonchev–Trinajstić information content (AvgIpc) is 2.46. The van der Waals surface area contributed by atoms with Gasteiger partial charge in [0.1, 0.15) is 17.4 Å². The summed E-state index contributed by atoms with van der Waals surface area (Å²) in [7, 11) is 0. The third-order valence-corrected chi connectivity index (χ3v) is 4.11. The van der Waals surface area contributed by atoms with Crippen molar-refractivity contribution in [3.05, 3.63) is 23.3 Å². The predicted octanol–water partition coefficient (Wildman–Crippen LogP) is 3.25. The number of hydrogen-bond acceptors (Lipinski definition) is 4. The fourth-order valence-electron chi connectivity index (χ4n) is 1.98. The van der Waals surface area contributed by atoms with Crippen molar-refractivity contribution in [3.8, 4) is 11.8 Å². The van der Waals surface area contributed by atoms with Gasteiger partial charge in [0.05, 0.1) is 6.10 Å². The molecule has 0 aromatic heterocycles. The second kappa shape index (κ2) is 4.36. The van der Waals surface area contributed by atoms with E-state index in [1.807, 2.05) is 6.07 Å². The van der Waals surface area contributed by atoms with Crippen molar-refractivity contribution in [1.82, 2.24) is 0 Å². The molecule has 2 rings (SSSR count). The predicted molar refractivity (Wildman–Crippen MR) is 67.3 cm³/mol. The van der Waals surface area contributed by atoms with E-state index in [4.69, 9.17) is 4.74 Å². The van der Waals surface area contributed by atoms with E-state index >= 15 is 0 Å². The molecule has 0 aliphatic carbocycles. The molecule has 1 N–H and O–H groups in total. The van der Waals surface area contributed by atoms with Gasteiger partial charge in [0.15, 0.2) is 5.60 Å². The van der Waals surface area contributed by atoms with E-state index in [1.54, 1.807) is 13.8 Å². The minimum Gasteiger partial charge on any atom is -0.490 e. The first-order valence-corrected chi connectivity index (χ1v) is 6.56. The number of hydrogen-bond donors (Lipinski definition) is 1. The van der Waals surface area contributed by atoms with Crippen LogP contribution in [0.15, 0.2) is 17.0 Å². The van der Waals surface area contributed by atoms with Crippen LogP contribution >= 0.6 is 11.8 Å². The molecule has 0 saturated carbocycles. The zero-order valence-electron chi connectivity index (χ0n) is 10.7. The highest BCUT2D eigenvalue weighted by Crippen LogP contribution is 2.59. The van der Waals surface area contributed by atoms with Crippen LogP contribution in [0.2, 0.25) is 0 Å². The Balaban J connectivity index is 2.64. The van der Waals surface area contributed by atoms with Gasteiger partial charge in [-0.3, -0.25) is 0 Å². The summed E-state index contributed by atoms with van der Waals surface area (Å²) in [5.41, 5.74) is -2.46. The van der Waals surface area contributed by atoms with Crippen molar-refractivity contribution in [1.29, 1.82) is 5.26 Å². The Morgan fingerprint density at radius 3 is 2.58 bits per heavy atom. The smallest absolute Gasteiger partial charge is 0.330 e. The highest BCUT2D eigenvalue weighted by atomic mass is 32.2. The van der Waals surface area contributed by atoms with Gasteiger partial charge in [0.25, 0.3) is 0 Å². The second-order valence-electron chi connectivity index (χ2n) is 4.78. The summed E-state index contributed by atoms with van der Waals surface area (Å²) in [6, 6.07) is 4.80. The molecule has 1 atom stereocenters. The number of benzene rings is 1. The topological polar surface area (TPSA) is 53.2 Å². The van der Waals surface area contributed by atoms with E-state index in [0.29, 0.717) is 0 Å². The fraction of sp³-hybridized carbons (Fsp3) is 0.462. The molecule has 0 radical (unpaired) electrons. The molecule has 3 nitrogen and oxygen atoms in total. The second-order valence-corrected chi connectivity index (χ2v) is 5.94. The molecule has 1 aromatic carbocycles. The molecule has 1 heterocycles. The number of thioether (sulfide) groups is 1. The number of halogens is 2. The molecule has 0 fully saturated rings.